The van der Waals surface area contributed by atoms with E-state index in [1.165, 1.54) is 4.31 Å². The number of sulfonamides is 1. The molecule has 8 nitrogen and oxygen atoms in total. The summed E-state index contributed by atoms with van der Waals surface area (Å²) in [5, 5.41) is 6.54. The first-order valence-electron chi connectivity index (χ1n) is 6.59. The molecule has 1 aromatic rings. The van der Waals surface area contributed by atoms with Gasteiger partial charge in [-0.1, -0.05) is 0 Å². The Kier molecular flexibility index (Phi) is 3.14. The fourth-order valence-electron chi connectivity index (χ4n) is 2.96. The first-order valence-corrected chi connectivity index (χ1v) is 8.03. The topological polar surface area (TPSA) is 109 Å². The van der Waals surface area contributed by atoms with E-state index in [-0.39, 0.29) is 18.0 Å². The van der Waals surface area contributed by atoms with Crippen molar-refractivity contribution in [3.8, 4) is 0 Å². The predicted molar refractivity (Wildman–Crippen MR) is 69.5 cm³/mol. The van der Waals surface area contributed by atoms with Crippen LogP contribution in [-0.2, 0) is 24.3 Å². The van der Waals surface area contributed by atoms with Gasteiger partial charge < -0.3 is 4.74 Å². The number of fused-ring (bicyclic) bond motifs is 1. The number of H-pyrrole nitrogens is 1. The molecule has 3 heterocycles. The maximum atomic E-state index is 12.7. The Morgan fingerprint density at radius 1 is 1.24 bits per heavy atom. The number of aryl methyl sites for hydroxylation is 2. The predicted octanol–water partition coefficient (Wildman–Crippen LogP) is -0.263. The third kappa shape index (κ3) is 2.07. The fraction of sp³-hybridized carbons (Fsp3) is 0.583. The molecule has 0 saturated carbocycles. The molecule has 2 aliphatic heterocycles. The third-order valence-corrected chi connectivity index (χ3v) is 6.17. The highest BCUT2D eigenvalue weighted by molar-refractivity contribution is 7.89. The molecule has 114 valence electrons. The van der Waals surface area contributed by atoms with Crippen LogP contribution in [0, 0.1) is 25.7 Å². The van der Waals surface area contributed by atoms with Crippen LogP contribution in [-0.4, -0.2) is 47.9 Å². The molecule has 1 N–H and O–H groups in total. The van der Waals surface area contributed by atoms with Crippen molar-refractivity contribution in [2.45, 2.75) is 25.2 Å². The summed E-state index contributed by atoms with van der Waals surface area (Å²) in [5.74, 6) is -2.40. The van der Waals surface area contributed by atoms with Gasteiger partial charge in [0.25, 0.3) is 0 Å². The van der Waals surface area contributed by atoms with Crippen LogP contribution in [0.15, 0.2) is 4.90 Å². The Bertz CT molecular complexity index is 704. The molecule has 2 atom stereocenters. The number of hydrogen-bond acceptors (Lipinski definition) is 6. The Morgan fingerprint density at radius 3 is 2.52 bits per heavy atom. The van der Waals surface area contributed by atoms with Crippen molar-refractivity contribution in [2.75, 3.05) is 13.1 Å². The molecule has 0 bridgehead atoms. The van der Waals surface area contributed by atoms with E-state index in [9.17, 15) is 18.0 Å². The maximum Gasteiger partial charge on any atom is 0.318 e. The Morgan fingerprint density at radius 2 is 1.90 bits per heavy atom. The van der Waals surface area contributed by atoms with Crippen molar-refractivity contribution in [1.82, 2.24) is 14.5 Å². The molecule has 1 aromatic heterocycles. The van der Waals surface area contributed by atoms with Crippen molar-refractivity contribution in [1.29, 1.82) is 0 Å². The number of aromatic nitrogens is 2. The van der Waals surface area contributed by atoms with Crippen LogP contribution in [0.1, 0.15) is 17.8 Å². The van der Waals surface area contributed by atoms with Gasteiger partial charge in [0, 0.05) is 13.1 Å². The van der Waals surface area contributed by atoms with E-state index in [0.29, 0.717) is 17.8 Å². The molecule has 0 aromatic carbocycles. The third-order valence-electron chi connectivity index (χ3n) is 4.04. The number of hydrogen-bond donors (Lipinski definition) is 1. The van der Waals surface area contributed by atoms with Crippen molar-refractivity contribution < 1.29 is 22.7 Å². The van der Waals surface area contributed by atoms with Gasteiger partial charge in [0.2, 0.25) is 10.0 Å². The smallest absolute Gasteiger partial charge is 0.318 e. The van der Waals surface area contributed by atoms with E-state index >= 15 is 0 Å². The average molecular weight is 313 g/mol. The monoisotopic (exact) mass is 313 g/mol. The molecule has 2 unspecified atom stereocenters. The highest BCUT2D eigenvalue weighted by Crippen LogP contribution is 2.34. The van der Waals surface area contributed by atoms with Crippen LogP contribution in [0.3, 0.4) is 0 Å². The molecule has 0 amide bonds. The number of nitrogens with zero attached hydrogens (tertiary/aromatic N) is 2. The normalized spacial score (nSPS) is 26.8. The summed E-state index contributed by atoms with van der Waals surface area (Å²) in [5.41, 5.74) is 0.847. The molecular formula is C12H15N3O5S. The quantitative estimate of drug-likeness (QED) is 0.595. The van der Waals surface area contributed by atoms with Crippen molar-refractivity contribution in [3.05, 3.63) is 11.4 Å². The summed E-state index contributed by atoms with van der Waals surface area (Å²) in [6.45, 7) is 3.40. The lowest BCUT2D eigenvalue weighted by Gasteiger charge is -2.30. The molecule has 0 aliphatic carbocycles. The molecule has 0 spiro atoms. The van der Waals surface area contributed by atoms with Crippen molar-refractivity contribution in [3.63, 3.8) is 0 Å². The molecule has 2 fully saturated rings. The van der Waals surface area contributed by atoms with Crippen LogP contribution in [0.5, 0.6) is 0 Å². The largest absolute Gasteiger partial charge is 0.393 e. The molecule has 2 aliphatic rings. The lowest BCUT2D eigenvalue weighted by molar-refractivity contribution is -0.153. The summed E-state index contributed by atoms with van der Waals surface area (Å²) >= 11 is 0. The highest BCUT2D eigenvalue weighted by atomic mass is 32.2. The van der Waals surface area contributed by atoms with Gasteiger partial charge >= 0.3 is 11.9 Å². The second-order valence-electron chi connectivity index (χ2n) is 5.37. The van der Waals surface area contributed by atoms with Crippen LogP contribution in [0.2, 0.25) is 0 Å². The van der Waals surface area contributed by atoms with Gasteiger partial charge in [-0.15, -0.1) is 0 Å². The zero-order chi connectivity index (χ0) is 15.4. The van der Waals surface area contributed by atoms with Gasteiger partial charge in [-0.05, 0) is 20.3 Å². The highest BCUT2D eigenvalue weighted by Gasteiger charge is 2.49. The first-order chi connectivity index (χ1) is 9.82. The molecule has 21 heavy (non-hydrogen) atoms. The fourth-order valence-corrected chi connectivity index (χ4v) is 4.77. The van der Waals surface area contributed by atoms with Crippen LogP contribution < -0.4 is 0 Å². The number of carbonyl (C=O) groups excluding carboxylic acids is 2. The number of aromatic amines is 1. The number of rotatable bonds is 2. The summed E-state index contributed by atoms with van der Waals surface area (Å²) < 4.78 is 31.2. The van der Waals surface area contributed by atoms with Gasteiger partial charge in [-0.2, -0.15) is 9.40 Å². The zero-order valence-electron chi connectivity index (χ0n) is 11.6. The first kappa shape index (κ1) is 14.2. The molecule has 2 saturated heterocycles. The summed E-state index contributed by atoms with van der Waals surface area (Å²) in [6.07, 6.45) is 0.296. The number of piperidine rings is 1. The minimum absolute atomic E-state index is 0.0262. The van der Waals surface area contributed by atoms with E-state index in [1.807, 2.05) is 0 Å². The number of nitrogens with one attached hydrogen (secondary N) is 1. The number of cyclic esters (lactones) is 2. The summed E-state index contributed by atoms with van der Waals surface area (Å²) in [7, 11) is -3.74. The minimum atomic E-state index is -3.74. The van der Waals surface area contributed by atoms with Gasteiger partial charge in [-0.3, -0.25) is 14.7 Å². The van der Waals surface area contributed by atoms with Crippen LogP contribution >= 0.6 is 0 Å². The van der Waals surface area contributed by atoms with Gasteiger partial charge in [0.1, 0.15) is 4.90 Å². The van der Waals surface area contributed by atoms with Crippen LogP contribution in [0.4, 0.5) is 0 Å². The second kappa shape index (κ2) is 4.63. The lowest BCUT2D eigenvalue weighted by Crippen LogP contribution is -2.45. The van der Waals surface area contributed by atoms with Gasteiger partial charge in [0.15, 0.2) is 0 Å². The maximum absolute atomic E-state index is 12.7. The lowest BCUT2D eigenvalue weighted by atomic mass is 9.89. The molecular weight excluding hydrogens is 298 g/mol. The molecule has 9 heteroatoms. The Balaban J connectivity index is 1.92. The number of esters is 2. The van der Waals surface area contributed by atoms with E-state index < -0.39 is 33.8 Å². The number of ether oxygens (including phenoxy) is 1. The summed E-state index contributed by atoms with van der Waals surface area (Å²) in [6, 6.07) is 0. The van der Waals surface area contributed by atoms with Gasteiger partial charge in [-0.25, -0.2) is 8.42 Å². The standard InChI is InChI=1S/C12H15N3O5S/c1-6-10(7(2)14-13-6)21(18,19)15-4-3-8-9(5-15)12(17)20-11(8)16/h8-9H,3-5H2,1-2H3,(H,13,14). The van der Waals surface area contributed by atoms with Crippen molar-refractivity contribution >= 4 is 22.0 Å². The zero-order valence-corrected chi connectivity index (χ0v) is 12.4. The molecule has 3 rings (SSSR count). The second-order valence-corrected chi connectivity index (χ2v) is 7.24. The average Bonchev–Trinajstić information content (AvgIpc) is 2.90. The Hall–Kier alpha value is -1.74. The summed E-state index contributed by atoms with van der Waals surface area (Å²) in [4.78, 5) is 23.3. The van der Waals surface area contributed by atoms with E-state index in [0.717, 1.165) is 0 Å². The Labute approximate surface area is 121 Å². The number of carbonyl (C=O) groups is 2. The SMILES string of the molecule is Cc1n[nH]c(C)c1S(=O)(=O)N1CCC2C(=O)OC(=O)C2C1. The van der Waals surface area contributed by atoms with E-state index in [2.05, 4.69) is 14.9 Å². The van der Waals surface area contributed by atoms with E-state index in [4.69, 9.17) is 0 Å². The van der Waals surface area contributed by atoms with Crippen molar-refractivity contribution in [2.24, 2.45) is 11.8 Å². The van der Waals surface area contributed by atoms with E-state index in [1.54, 1.807) is 13.8 Å². The van der Waals surface area contributed by atoms with Crippen LogP contribution in [0.25, 0.3) is 0 Å². The molecule has 0 radical (unpaired) electrons. The van der Waals surface area contributed by atoms with Gasteiger partial charge in [0.05, 0.1) is 23.2 Å². The minimum Gasteiger partial charge on any atom is -0.393 e.